The Kier molecular flexibility index (Phi) is 3.59. The van der Waals surface area contributed by atoms with Gasteiger partial charge >= 0.3 is 0 Å². The average molecular weight is 252 g/mol. The molecule has 17 heavy (non-hydrogen) atoms. The van der Waals surface area contributed by atoms with Crippen molar-refractivity contribution in [3.8, 4) is 0 Å². The highest BCUT2D eigenvalue weighted by Crippen LogP contribution is 2.25. The third-order valence-corrected chi connectivity index (χ3v) is 4.02. The molecule has 2 aromatic heterocycles. The third kappa shape index (κ3) is 2.25. The van der Waals surface area contributed by atoms with Crippen molar-refractivity contribution in [2.24, 2.45) is 0 Å². The van der Waals surface area contributed by atoms with E-state index in [4.69, 9.17) is 4.74 Å². The Labute approximate surface area is 104 Å². The predicted octanol–water partition coefficient (Wildman–Crippen LogP) is 2.11. The molecular formula is C12H16N2O2S. The van der Waals surface area contributed by atoms with Crippen LogP contribution in [0.15, 0.2) is 11.1 Å². The summed E-state index contributed by atoms with van der Waals surface area (Å²) in [7, 11) is 1.66. The minimum Gasteiger partial charge on any atom is -0.385 e. The van der Waals surface area contributed by atoms with E-state index in [9.17, 15) is 4.79 Å². The zero-order valence-corrected chi connectivity index (χ0v) is 11.1. The number of aryl methyl sites for hydroxylation is 3. The van der Waals surface area contributed by atoms with Gasteiger partial charge < -0.3 is 4.74 Å². The second kappa shape index (κ2) is 4.98. The van der Waals surface area contributed by atoms with Gasteiger partial charge in [0.25, 0.3) is 5.56 Å². The molecule has 0 aromatic carbocycles. The molecule has 0 spiro atoms. The molecule has 0 N–H and O–H groups in total. The summed E-state index contributed by atoms with van der Waals surface area (Å²) in [4.78, 5) is 18.6. The van der Waals surface area contributed by atoms with Crippen LogP contribution >= 0.6 is 11.3 Å². The number of nitrogens with zero attached hydrogens (tertiary/aromatic N) is 2. The van der Waals surface area contributed by atoms with E-state index in [1.807, 2.05) is 13.8 Å². The molecule has 5 heteroatoms. The van der Waals surface area contributed by atoms with E-state index in [0.717, 1.165) is 22.2 Å². The first-order valence-electron chi connectivity index (χ1n) is 5.59. The van der Waals surface area contributed by atoms with E-state index in [1.54, 1.807) is 29.3 Å². The van der Waals surface area contributed by atoms with Gasteiger partial charge in [0.15, 0.2) is 0 Å². The topological polar surface area (TPSA) is 44.1 Å². The largest absolute Gasteiger partial charge is 0.385 e. The van der Waals surface area contributed by atoms with Gasteiger partial charge in [-0.25, -0.2) is 4.98 Å². The fourth-order valence-corrected chi connectivity index (χ4v) is 2.80. The minimum absolute atomic E-state index is 0.0629. The van der Waals surface area contributed by atoms with E-state index in [1.165, 1.54) is 4.88 Å². The van der Waals surface area contributed by atoms with Crippen LogP contribution in [-0.4, -0.2) is 23.3 Å². The number of hydrogen-bond donors (Lipinski definition) is 0. The van der Waals surface area contributed by atoms with Crippen molar-refractivity contribution < 1.29 is 4.74 Å². The molecule has 92 valence electrons. The number of methoxy groups -OCH3 is 1. The van der Waals surface area contributed by atoms with Crippen LogP contribution in [0.2, 0.25) is 0 Å². The summed E-state index contributed by atoms with van der Waals surface area (Å²) in [5.41, 5.74) is 1.12. The Morgan fingerprint density at radius 1 is 1.47 bits per heavy atom. The number of thiophene rings is 1. The fraction of sp³-hybridized carbons (Fsp3) is 0.500. The Morgan fingerprint density at radius 2 is 2.24 bits per heavy atom. The van der Waals surface area contributed by atoms with Gasteiger partial charge in [-0.15, -0.1) is 11.3 Å². The van der Waals surface area contributed by atoms with Gasteiger partial charge in [-0.3, -0.25) is 9.36 Å². The van der Waals surface area contributed by atoms with E-state index in [0.29, 0.717) is 13.2 Å². The maximum atomic E-state index is 12.2. The SMILES string of the molecule is COCCCn1cnc2sc(C)c(C)c2c1=O. The standard InChI is InChI=1S/C12H16N2O2S/c1-8-9(2)17-11-10(8)12(15)14(7-13-11)5-4-6-16-3/h7H,4-6H2,1-3H3. The van der Waals surface area contributed by atoms with Crippen LogP contribution in [0.25, 0.3) is 10.2 Å². The smallest absolute Gasteiger partial charge is 0.262 e. The van der Waals surface area contributed by atoms with Crippen molar-refractivity contribution in [1.82, 2.24) is 9.55 Å². The lowest BCUT2D eigenvalue weighted by Crippen LogP contribution is -2.21. The molecule has 0 aliphatic rings. The number of hydrogen-bond acceptors (Lipinski definition) is 4. The van der Waals surface area contributed by atoms with Crippen LogP contribution in [0, 0.1) is 13.8 Å². The molecule has 2 heterocycles. The predicted molar refractivity (Wildman–Crippen MR) is 69.8 cm³/mol. The summed E-state index contributed by atoms with van der Waals surface area (Å²) in [6, 6.07) is 0. The molecule has 0 unspecified atom stereocenters. The van der Waals surface area contributed by atoms with Crippen molar-refractivity contribution in [2.75, 3.05) is 13.7 Å². The molecule has 0 fully saturated rings. The fourth-order valence-electron chi connectivity index (χ4n) is 1.81. The maximum Gasteiger partial charge on any atom is 0.262 e. The van der Waals surface area contributed by atoms with E-state index in [-0.39, 0.29) is 5.56 Å². The zero-order chi connectivity index (χ0) is 12.4. The van der Waals surface area contributed by atoms with Gasteiger partial charge in [0.1, 0.15) is 4.83 Å². The molecule has 0 bridgehead atoms. The number of aromatic nitrogens is 2. The molecule has 0 aliphatic heterocycles. The van der Waals surface area contributed by atoms with Gasteiger partial charge in [-0.2, -0.15) is 0 Å². The highest BCUT2D eigenvalue weighted by atomic mass is 32.1. The molecule has 0 radical (unpaired) electrons. The summed E-state index contributed by atoms with van der Waals surface area (Å²) >= 11 is 1.58. The molecule has 0 saturated heterocycles. The van der Waals surface area contributed by atoms with E-state index in [2.05, 4.69) is 4.98 Å². The van der Waals surface area contributed by atoms with Crippen LogP contribution < -0.4 is 5.56 Å². The van der Waals surface area contributed by atoms with Gasteiger partial charge in [0.05, 0.1) is 11.7 Å². The van der Waals surface area contributed by atoms with Crippen LogP contribution in [0.4, 0.5) is 0 Å². The highest BCUT2D eigenvalue weighted by Gasteiger charge is 2.11. The Hall–Kier alpha value is -1.20. The molecule has 2 aromatic rings. The number of fused-ring (bicyclic) bond motifs is 1. The quantitative estimate of drug-likeness (QED) is 0.783. The first-order chi connectivity index (χ1) is 8.15. The summed E-state index contributed by atoms with van der Waals surface area (Å²) < 4.78 is 6.65. The first kappa shape index (κ1) is 12.3. The minimum atomic E-state index is 0.0629. The number of ether oxygens (including phenoxy) is 1. The monoisotopic (exact) mass is 252 g/mol. The number of rotatable bonds is 4. The van der Waals surface area contributed by atoms with Crippen LogP contribution in [-0.2, 0) is 11.3 Å². The van der Waals surface area contributed by atoms with Crippen molar-refractivity contribution in [3.05, 3.63) is 27.1 Å². The molecule has 2 rings (SSSR count). The zero-order valence-electron chi connectivity index (χ0n) is 10.3. The normalized spacial score (nSPS) is 11.2. The Balaban J connectivity index is 2.43. The highest BCUT2D eigenvalue weighted by molar-refractivity contribution is 7.18. The van der Waals surface area contributed by atoms with Gasteiger partial charge in [-0.1, -0.05) is 0 Å². The molecule has 0 amide bonds. The van der Waals surface area contributed by atoms with E-state index < -0.39 is 0 Å². The van der Waals surface area contributed by atoms with Crippen molar-refractivity contribution >= 4 is 21.6 Å². The van der Waals surface area contributed by atoms with E-state index >= 15 is 0 Å². The van der Waals surface area contributed by atoms with Crippen LogP contribution in [0.1, 0.15) is 16.9 Å². The van der Waals surface area contributed by atoms with Crippen molar-refractivity contribution in [2.45, 2.75) is 26.8 Å². The van der Waals surface area contributed by atoms with Gasteiger partial charge in [0, 0.05) is 25.1 Å². The molecular weight excluding hydrogens is 236 g/mol. The third-order valence-electron chi connectivity index (χ3n) is 2.90. The van der Waals surface area contributed by atoms with Crippen molar-refractivity contribution in [1.29, 1.82) is 0 Å². The van der Waals surface area contributed by atoms with Crippen LogP contribution in [0.3, 0.4) is 0 Å². The molecule has 0 atom stereocenters. The Bertz CT molecular complexity index is 586. The van der Waals surface area contributed by atoms with Crippen LogP contribution in [0.5, 0.6) is 0 Å². The van der Waals surface area contributed by atoms with Crippen molar-refractivity contribution in [3.63, 3.8) is 0 Å². The van der Waals surface area contributed by atoms with Gasteiger partial charge in [0.2, 0.25) is 0 Å². The summed E-state index contributed by atoms with van der Waals surface area (Å²) in [6.45, 7) is 5.32. The average Bonchev–Trinajstić information content (AvgIpc) is 2.59. The lowest BCUT2D eigenvalue weighted by Gasteiger charge is -2.04. The lowest BCUT2D eigenvalue weighted by molar-refractivity contribution is 0.190. The molecule has 0 saturated carbocycles. The van der Waals surface area contributed by atoms with Gasteiger partial charge in [-0.05, 0) is 25.8 Å². The first-order valence-corrected chi connectivity index (χ1v) is 6.41. The Morgan fingerprint density at radius 3 is 2.94 bits per heavy atom. The lowest BCUT2D eigenvalue weighted by atomic mass is 10.2. The molecule has 4 nitrogen and oxygen atoms in total. The summed E-state index contributed by atoms with van der Waals surface area (Å²) in [6.07, 6.45) is 2.46. The maximum absolute atomic E-state index is 12.2. The second-order valence-electron chi connectivity index (χ2n) is 4.05. The summed E-state index contributed by atoms with van der Waals surface area (Å²) in [5.74, 6) is 0. The molecule has 0 aliphatic carbocycles. The summed E-state index contributed by atoms with van der Waals surface area (Å²) in [5, 5.41) is 0.771. The second-order valence-corrected chi connectivity index (χ2v) is 5.26.